The van der Waals surface area contributed by atoms with Gasteiger partial charge in [-0.1, -0.05) is 24.3 Å². The highest BCUT2D eigenvalue weighted by Gasteiger charge is 2.24. The van der Waals surface area contributed by atoms with E-state index >= 15 is 0 Å². The molecule has 0 saturated heterocycles. The fourth-order valence-electron chi connectivity index (χ4n) is 3.06. The van der Waals surface area contributed by atoms with E-state index in [2.05, 4.69) is 12.1 Å². The standard InChI is InChI=1S/C19H21NO4/c1-22-16-10-15(11-17(23-2)18(16)24-3)19(21)20-9-8-13-6-4-5-7-14(13)12-20/h4-7,10-11H,8-9,12H2,1-3H3. The summed E-state index contributed by atoms with van der Waals surface area (Å²) in [5, 5.41) is 0. The van der Waals surface area contributed by atoms with Crippen molar-refractivity contribution < 1.29 is 19.0 Å². The Kier molecular flexibility index (Phi) is 4.60. The molecule has 24 heavy (non-hydrogen) atoms. The topological polar surface area (TPSA) is 48.0 Å². The summed E-state index contributed by atoms with van der Waals surface area (Å²) in [5.74, 6) is 1.42. The summed E-state index contributed by atoms with van der Waals surface area (Å²) in [6.45, 7) is 1.32. The zero-order chi connectivity index (χ0) is 17.1. The van der Waals surface area contributed by atoms with Crippen molar-refractivity contribution in [1.29, 1.82) is 0 Å². The van der Waals surface area contributed by atoms with Gasteiger partial charge in [0.1, 0.15) is 0 Å². The van der Waals surface area contributed by atoms with Gasteiger partial charge >= 0.3 is 0 Å². The number of carbonyl (C=O) groups excluding carboxylic acids is 1. The van der Waals surface area contributed by atoms with Crippen molar-refractivity contribution in [3.05, 3.63) is 53.1 Å². The molecule has 0 aromatic heterocycles. The second-order valence-corrected chi connectivity index (χ2v) is 5.66. The second kappa shape index (κ2) is 6.83. The van der Waals surface area contributed by atoms with Crippen molar-refractivity contribution in [2.45, 2.75) is 13.0 Å². The molecule has 1 amide bonds. The Morgan fingerprint density at radius 1 is 0.958 bits per heavy atom. The number of benzene rings is 2. The fourth-order valence-corrected chi connectivity index (χ4v) is 3.06. The SMILES string of the molecule is COc1cc(C(=O)N2CCc3ccccc3C2)cc(OC)c1OC. The van der Waals surface area contributed by atoms with E-state index < -0.39 is 0 Å². The van der Waals surface area contributed by atoms with Gasteiger partial charge in [0.05, 0.1) is 21.3 Å². The first-order valence-electron chi connectivity index (χ1n) is 7.84. The minimum absolute atomic E-state index is 0.0382. The van der Waals surface area contributed by atoms with Gasteiger partial charge in [-0.2, -0.15) is 0 Å². The highest BCUT2D eigenvalue weighted by Crippen LogP contribution is 2.38. The molecule has 0 unspecified atom stereocenters. The highest BCUT2D eigenvalue weighted by atomic mass is 16.5. The minimum Gasteiger partial charge on any atom is -0.493 e. The normalized spacial score (nSPS) is 13.2. The lowest BCUT2D eigenvalue weighted by atomic mass is 9.99. The van der Waals surface area contributed by atoms with Crippen LogP contribution in [0.5, 0.6) is 17.2 Å². The van der Waals surface area contributed by atoms with Gasteiger partial charge in [0.2, 0.25) is 5.75 Å². The van der Waals surface area contributed by atoms with Gasteiger partial charge in [-0.3, -0.25) is 4.79 Å². The molecule has 0 saturated carbocycles. The van der Waals surface area contributed by atoms with Gasteiger partial charge in [-0.05, 0) is 29.7 Å². The molecule has 0 bridgehead atoms. The lowest BCUT2D eigenvalue weighted by molar-refractivity contribution is 0.0734. The average Bonchev–Trinajstić information content (AvgIpc) is 2.65. The number of rotatable bonds is 4. The predicted molar refractivity (Wildman–Crippen MR) is 91.0 cm³/mol. The van der Waals surface area contributed by atoms with Crippen LogP contribution in [0.1, 0.15) is 21.5 Å². The molecule has 2 aromatic rings. The number of nitrogens with zero attached hydrogens (tertiary/aromatic N) is 1. The predicted octanol–water partition coefficient (Wildman–Crippen LogP) is 2.91. The van der Waals surface area contributed by atoms with E-state index in [9.17, 15) is 4.79 Å². The number of hydrogen-bond acceptors (Lipinski definition) is 4. The van der Waals surface area contributed by atoms with E-state index in [1.54, 1.807) is 33.5 Å². The smallest absolute Gasteiger partial charge is 0.254 e. The summed E-state index contributed by atoms with van der Waals surface area (Å²) in [6.07, 6.45) is 0.867. The quantitative estimate of drug-likeness (QED) is 0.866. The Bertz CT molecular complexity index is 732. The summed E-state index contributed by atoms with van der Waals surface area (Å²) in [5.41, 5.74) is 3.04. The number of fused-ring (bicyclic) bond motifs is 1. The van der Waals surface area contributed by atoms with Crippen molar-refractivity contribution in [2.24, 2.45) is 0 Å². The van der Waals surface area contributed by atoms with Crippen LogP contribution in [0.15, 0.2) is 36.4 Å². The second-order valence-electron chi connectivity index (χ2n) is 5.66. The van der Waals surface area contributed by atoms with Crippen LogP contribution >= 0.6 is 0 Å². The Morgan fingerprint density at radius 3 is 2.17 bits per heavy atom. The highest BCUT2D eigenvalue weighted by molar-refractivity contribution is 5.95. The van der Waals surface area contributed by atoms with Crippen molar-refractivity contribution in [3.63, 3.8) is 0 Å². The molecule has 5 nitrogen and oxygen atoms in total. The van der Waals surface area contributed by atoms with Crippen LogP contribution in [0, 0.1) is 0 Å². The molecule has 1 aliphatic heterocycles. The monoisotopic (exact) mass is 327 g/mol. The Balaban J connectivity index is 1.91. The lowest BCUT2D eigenvalue weighted by Gasteiger charge is -2.29. The molecular formula is C19H21NO4. The van der Waals surface area contributed by atoms with Gasteiger partial charge in [0.15, 0.2) is 11.5 Å². The third-order valence-electron chi connectivity index (χ3n) is 4.33. The zero-order valence-corrected chi connectivity index (χ0v) is 14.2. The van der Waals surface area contributed by atoms with Crippen molar-refractivity contribution in [3.8, 4) is 17.2 Å². The van der Waals surface area contributed by atoms with E-state index in [1.165, 1.54) is 11.1 Å². The molecule has 0 aliphatic carbocycles. The van der Waals surface area contributed by atoms with Crippen molar-refractivity contribution in [1.82, 2.24) is 4.90 Å². The van der Waals surface area contributed by atoms with Crippen LogP contribution < -0.4 is 14.2 Å². The van der Waals surface area contributed by atoms with Crippen LogP contribution in [0.4, 0.5) is 0 Å². The molecule has 1 aliphatic rings. The summed E-state index contributed by atoms with van der Waals surface area (Å²) in [7, 11) is 4.63. The van der Waals surface area contributed by atoms with Crippen LogP contribution in [0.25, 0.3) is 0 Å². The molecule has 5 heteroatoms. The van der Waals surface area contributed by atoms with Gasteiger partial charge in [-0.25, -0.2) is 0 Å². The van der Waals surface area contributed by atoms with Gasteiger partial charge < -0.3 is 19.1 Å². The largest absolute Gasteiger partial charge is 0.493 e. The van der Waals surface area contributed by atoms with E-state index in [4.69, 9.17) is 14.2 Å². The first-order valence-corrected chi connectivity index (χ1v) is 7.84. The third kappa shape index (κ3) is 2.89. The number of methoxy groups -OCH3 is 3. The maximum Gasteiger partial charge on any atom is 0.254 e. The summed E-state index contributed by atoms with van der Waals surface area (Å²) < 4.78 is 16.0. The first kappa shape index (κ1) is 16.2. The number of ether oxygens (including phenoxy) is 3. The fraction of sp³-hybridized carbons (Fsp3) is 0.316. The Hall–Kier alpha value is -2.69. The molecular weight excluding hydrogens is 306 g/mol. The minimum atomic E-state index is -0.0382. The van der Waals surface area contributed by atoms with Crippen LogP contribution in [-0.2, 0) is 13.0 Å². The Labute approximate surface area is 141 Å². The van der Waals surface area contributed by atoms with E-state index in [0.717, 1.165) is 6.42 Å². The molecule has 0 radical (unpaired) electrons. The average molecular weight is 327 g/mol. The van der Waals surface area contributed by atoms with Gasteiger partial charge in [0.25, 0.3) is 5.91 Å². The maximum atomic E-state index is 12.9. The van der Waals surface area contributed by atoms with Crippen molar-refractivity contribution >= 4 is 5.91 Å². The zero-order valence-electron chi connectivity index (χ0n) is 14.2. The summed E-state index contributed by atoms with van der Waals surface area (Å²) in [6, 6.07) is 11.6. The molecule has 0 atom stereocenters. The van der Waals surface area contributed by atoms with E-state index in [-0.39, 0.29) is 5.91 Å². The summed E-state index contributed by atoms with van der Waals surface area (Å²) in [4.78, 5) is 14.8. The Morgan fingerprint density at radius 2 is 1.58 bits per heavy atom. The van der Waals surface area contributed by atoms with Gasteiger partial charge in [-0.15, -0.1) is 0 Å². The van der Waals surface area contributed by atoms with Crippen LogP contribution in [0.3, 0.4) is 0 Å². The molecule has 1 heterocycles. The first-order chi connectivity index (χ1) is 11.7. The van der Waals surface area contributed by atoms with Crippen LogP contribution in [-0.4, -0.2) is 38.7 Å². The lowest BCUT2D eigenvalue weighted by Crippen LogP contribution is -2.35. The molecule has 0 spiro atoms. The van der Waals surface area contributed by atoms with E-state index in [0.29, 0.717) is 35.9 Å². The molecule has 2 aromatic carbocycles. The molecule has 126 valence electrons. The molecule has 0 N–H and O–H groups in total. The van der Waals surface area contributed by atoms with Crippen LogP contribution in [0.2, 0.25) is 0 Å². The van der Waals surface area contributed by atoms with Gasteiger partial charge in [0, 0.05) is 18.7 Å². The number of hydrogen-bond donors (Lipinski definition) is 0. The van der Waals surface area contributed by atoms with Crippen molar-refractivity contribution in [2.75, 3.05) is 27.9 Å². The molecule has 3 rings (SSSR count). The third-order valence-corrected chi connectivity index (χ3v) is 4.33. The number of carbonyl (C=O) groups is 1. The molecule has 0 fully saturated rings. The maximum absolute atomic E-state index is 12.9. The van der Waals surface area contributed by atoms with E-state index in [1.807, 2.05) is 17.0 Å². The summed E-state index contributed by atoms with van der Waals surface area (Å²) >= 11 is 0. The number of amides is 1.